The van der Waals surface area contributed by atoms with Crippen molar-refractivity contribution >= 4 is 15.9 Å². The predicted octanol–water partition coefficient (Wildman–Crippen LogP) is 2.15. The standard InChI is InChI=1S/C13H17N3O2S/c1-3-19(2)13-16-15-12(18-13)10-4-6-11(7-5-10)17-9-8-14/h3-7H,8-9,14H2,1-2H3. The first-order valence-corrected chi connectivity index (χ1v) is 7.65. The Bertz CT molecular complexity index is 564. The zero-order valence-corrected chi connectivity index (χ0v) is 11.8. The van der Waals surface area contributed by atoms with E-state index in [0.717, 1.165) is 11.3 Å². The molecule has 1 aromatic heterocycles. The molecule has 2 rings (SSSR count). The van der Waals surface area contributed by atoms with Gasteiger partial charge in [-0.2, -0.15) is 0 Å². The number of aromatic nitrogens is 2. The van der Waals surface area contributed by atoms with Crippen molar-refractivity contribution in [3.63, 3.8) is 0 Å². The van der Waals surface area contributed by atoms with Crippen molar-refractivity contribution in [3.05, 3.63) is 24.3 Å². The van der Waals surface area contributed by atoms with Crippen molar-refractivity contribution < 1.29 is 9.15 Å². The number of hydrogen-bond donors (Lipinski definition) is 1. The quantitative estimate of drug-likeness (QED) is 0.849. The number of benzene rings is 1. The molecule has 0 saturated heterocycles. The molecule has 0 spiro atoms. The number of rotatable bonds is 5. The van der Waals surface area contributed by atoms with Crippen molar-refractivity contribution in [2.24, 2.45) is 5.73 Å². The molecule has 0 aliphatic heterocycles. The topological polar surface area (TPSA) is 74.2 Å². The van der Waals surface area contributed by atoms with Gasteiger partial charge in [-0.3, -0.25) is 0 Å². The Labute approximate surface area is 114 Å². The molecule has 1 atom stereocenters. The van der Waals surface area contributed by atoms with Crippen LogP contribution in [0.5, 0.6) is 5.75 Å². The first-order valence-electron chi connectivity index (χ1n) is 5.95. The zero-order valence-electron chi connectivity index (χ0n) is 11.0. The van der Waals surface area contributed by atoms with E-state index in [-0.39, 0.29) is 10.5 Å². The SMILES string of the molecule is C/C=S(/C)c1nnc(-c2ccc(OCCN)cc2)o1. The molecule has 0 amide bonds. The second-order valence-corrected chi connectivity index (χ2v) is 5.76. The van der Waals surface area contributed by atoms with E-state index in [1.54, 1.807) is 0 Å². The van der Waals surface area contributed by atoms with Gasteiger partial charge in [-0.05, 0) is 37.4 Å². The predicted molar refractivity (Wildman–Crippen MR) is 77.8 cm³/mol. The normalized spacial score (nSPS) is 12.6. The van der Waals surface area contributed by atoms with Gasteiger partial charge in [0.15, 0.2) is 0 Å². The smallest absolute Gasteiger partial charge is 0.270 e. The van der Waals surface area contributed by atoms with Gasteiger partial charge in [0, 0.05) is 12.1 Å². The monoisotopic (exact) mass is 279 g/mol. The highest BCUT2D eigenvalue weighted by Crippen LogP contribution is 2.26. The number of hydrogen-bond acceptors (Lipinski definition) is 5. The molecule has 0 radical (unpaired) electrons. The summed E-state index contributed by atoms with van der Waals surface area (Å²) in [4.78, 5) is 0. The fraction of sp³-hybridized carbons (Fsp3) is 0.308. The average molecular weight is 279 g/mol. The third-order valence-electron chi connectivity index (χ3n) is 2.52. The Hall–Kier alpha value is -1.66. The molecule has 0 bridgehead atoms. The van der Waals surface area contributed by atoms with Crippen LogP contribution in [0.25, 0.3) is 11.5 Å². The molecule has 5 nitrogen and oxygen atoms in total. The van der Waals surface area contributed by atoms with Crippen LogP contribution in [0, 0.1) is 0 Å². The third kappa shape index (κ3) is 3.42. The van der Waals surface area contributed by atoms with Crippen LogP contribution in [0.2, 0.25) is 0 Å². The lowest BCUT2D eigenvalue weighted by Crippen LogP contribution is -2.10. The summed E-state index contributed by atoms with van der Waals surface area (Å²) in [7, 11) is -0.106. The Kier molecular flexibility index (Phi) is 4.70. The summed E-state index contributed by atoms with van der Waals surface area (Å²) in [6.07, 6.45) is 2.04. The van der Waals surface area contributed by atoms with E-state index in [0.29, 0.717) is 24.3 Å². The zero-order chi connectivity index (χ0) is 13.7. The van der Waals surface area contributed by atoms with Gasteiger partial charge in [0.1, 0.15) is 12.4 Å². The highest BCUT2D eigenvalue weighted by molar-refractivity contribution is 8.14. The van der Waals surface area contributed by atoms with E-state index in [9.17, 15) is 0 Å². The number of nitrogens with zero attached hydrogens (tertiary/aromatic N) is 2. The molecule has 1 aromatic carbocycles. The van der Waals surface area contributed by atoms with Crippen molar-refractivity contribution in [2.75, 3.05) is 19.4 Å². The molecular weight excluding hydrogens is 262 g/mol. The molecule has 0 aliphatic carbocycles. The Morgan fingerprint density at radius 1 is 1.32 bits per heavy atom. The van der Waals surface area contributed by atoms with Gasteiger partial charge < -0.3 is 14.9 Å². The Balaban J connectivity index is 2.15. The fourth-order valence-electron chi connectivity index (χ4n) is 1.43. The van der Waals surface area contributed by atoms with E-state index in [1.165, 1.54) is 0 Å². The van der Waals surface area contributed by atoms with Crippen LogP contribution in [0.15, 0.2) is 33.9 Å². The lowest BCUT2D eigenvalue weighted by Gasteiger charge is -2.03. The van der Waals surface area contributed by atoms with E-state index < -0.39 is 0 Å². The van der Waals surface area contributed by atoms with Gasteiger partial charge in [0.2, 0.25) is 5.89 Å². The molecule has 0 fully saturated rings. The second-order valence-electron chi connectivity index (χ2n) is 3.83. The van der Waals surface area contributed by atoms with Crippen LogP contribution in [-0.2, 0) is 0 Å². The Morgan fingerprint density at radius 3 is 2.68 bits per heavy atom. The van der Waals surface area contributed by atoms with E-state index in [1.807, 2.05) is 42.8 Å². The highest BCUT2D eigenvalue weighted by atomic mass is 32.2. The van der Waals surface area contributed by atoms with Crippen molar-refractivity contribution in [2.45, 2.75) is 12.1 Å². The van der Waals surface area contributed by atoms with Crippen molar-refractivity contribution in [1.82, 2.24) is 10.2 Å². The third-order valence-corrected chi connectivity index (χ3v) is 3.95. The van der Waals surface area contributed by atoms with E-state index in [2.05, 4.69) is 10.2 Å². The van der Waals surface area contributed by atoms with Crippen molar-refractivity contribution in [3.8, 4) is 17.2 Å². The summed E-state index contributed by atoms with van der Waals surface area (Å²) in [5.41, 5.74) is 6.26. The van der Waals surface area contributed by atoms with Crippen molar-refractivity contribution in [1.29, 1.82) is 0 Å². The molecule has 6 heteroatoms. The largest absolute Gasteiger partial charge is 0.492 e. The lowest BCUT2D eigenvalue weighted by atomic mass is 10.2. The first-order chi connectivity index (χ1) is 9.24. The van der Waals surface area contributed by atoms with Crippen LogP contribution in [0.1, 0.15) is 6.92 Å². The summed E-state index contributed by atoms with van der Waals surface area (Å²) < 4.78 is 11.1. The highest BCUT2D eigenvalue weighted by Gasteiger charge is 2.08. The molecule has 1 heterocycles. The summed E-state index contributed by atoms with van der Waals surface area (Å²) in [6.45, 7) is 2.99. The molecule has 102 valence electrons. The van der Waals surface area contributed by atoms with Crippen LogP contribution in [0.3, 0.4) is 0 Å². The summed E-state index contributed by atoms with van der Waals surface area (Å²) >= 11 is 0. The molecular formula is C13H17N3O2S. The Morgan fingerprint density at radius 2 is 2.05 bits per heavy atom. The minimum atomic E-state index is -0.106. The molecule has 2 aromatic rings. The van der Waals surface area contributed by atoms with E-state index >= 15 is 0 Å². The molecule has 2 N–H and O–H groups in total. The lowest BCUT2D eigenvalue weighted by molar-refractivity contribution is 0.328. The van der Waals surface area contributed by atoms with E-state index in [4.69, 9.17) is 14.9 Å². The number of nitrogens with two attached hydrogens (primary N) is 1. The maximum absolute atomic E-state index is 5.64. The molecule has 0 saturated carbocycles. The van der Waals surface area contributed by atoms with Gasteiger partial charge in [0.25, 0.3) is 5.22 Å². The van der Waals surface area contributed by atoms with Gasteiger partial charge >= 0.3 is 0 Å². The minimum Gasteiger partial charge on any atom is -0.492 e. The average Bonchev–Trinajstić information content (AvgIpc) is 2.94. The van der Waals surface area contributed by atoms with Crippen LogP contribution in [0.4, 0.5) is 0 Å². The van der Waals surface area contributed by atoms with Gasteiger partial charge in [0.05, 0.1) is 0 Å². The summed E-state index contributed by atoms with van der Waals surface area (Å²) in [5, 5.41) is 10.8. The fourth-order valence-corrected chi connectivity index (χ4v) is 2.01. The number of ether oxygens (including phenoxy) is 1. The molecule has 1 unspecified atom stereocenters. The summed E-state index contributed by atoms with van der Waals surface area (Å²) in [6, 6.07) is 7.53. The van der Waals surface area contributed by atoms with Gasteiger partial charge in [-0.1, -0.05) is 5.37 Å². The maximum atomic E-state index is 5.64. The van der Waals surface area contributed by atoms with Crippen LogP contribution >= 0.6 is 10.5 Å². The second kappa shape index (κ2) is 6.49. The first kappa shape index (κ1) is 13.8. The van der Waals surface area contributed by atoms with Gasteiger partial charge in [-0.15, -0.1) is 20.7 Å². The van der Waals surface area contributed by atoms with Crippen LogP contribution < -0.4 is 10.5 Å². The minimum absolute atomic E-state index is 0.106. The van der Waals surface area contributed by atoms with Gasteiger partial charge in [-0.25, -0.2) is 0 Å². The maximum Gasteiger partial charge on any atom is 0.270 e. The molecule has 0 aliphatic rings. The summed E-state index contributed by atoms with van der Waals surface area (Å²) in [5.74, 6) is 1.31. The van der Waals surface area contributed by atoms with Crippen LogP contribution in [-0.4, -0.2) is 35.0 Å². The molecule has 19 heavy (non-hydrogen) atoms.